The number of aromatic nitrogens is 3. The Hall–Kier alpha value is -2.90. The second kappa shape index (κ2) is 8.66. The van der Waals surface area contributed by atoms with Crippen LogP contribution in [0, 0.1) is 5.92 Å². The van der Waals surface area contributed by atoms with Crippen molar-refractivity contribution in [2.75, 3.05) is 13.1 Å². The maximum atomic E-state index is 12.1. The van der Waals surface area contributed by atoms with Crippen molar-refractivity contribution in [3.63, 3.8) is 0 Å². The highest BCUT2D eigenvalue weighted by molar-refractivity contribution is 5.78. The normalized spacial score (nSPS) is 15.0. The van der Waals surface area contributed by atoms with Crippen LogP contribution in [0.4, 0.5) is 4.79 Å². The maximum Gasteiger partial charge on any atom is 0.315 e. The van der Waals surface area contributed by atoms with Gasteiger partial charge in [-0.3, -0.25) is 4.79 Å². The summed E-state index contributed by atoms with van der Waals surface area (Å²) in [6, 6.07) is 5.52. The van der Waals surface area contributed by atoms with Gasteiger partial charge in [0.1, 0.15) is 0 Å². The summed E-state index contributed by atoms with van der Waals surface area (Å²) in [7, 11) is 0. The summed E-state index contributed by atoms with van der Waals surface area (Å²) in [4.78, 5) is 30.4. The number of hydrogen-bond donors (Lipinski definition) is 2. The second-order valence-corrected chi connectivity index (χ2v) is 7.06. The minimum absolute atomic E-state index is 0.0195. The van der Waals surface area contributed by atoms with Crippen molar-refractivity contribution in [2.24, 2.45) is 5.92 Å². The largest absolute Gasteiger partial charge is 0.342 e. The summed E-state index contributed by atoms with van der Waals surface area (Å²) in [6.07, 6.45) is 6.82. The third-order valence-electron chi connectivity index (χ3n) is 4.64. The number of likely N-dealkylation sites (tertiary alicyclic amines) is 1. The van der Waals surface area contributed by atoms with Gasteiger partial charge in [0, 0.05) is 50.2 Å². The molecule has 8 heteroatoms. The fourth-order valence-electron chi connectivity index (χ4n) is 3.09. The van der Waals surface area contributed by atoms with Crippen LogP contribution in [-0.4, -0.2) is 50.7 Å². The number of amides is 3. The molecule has 1 saturated heterocycles. The van der Waals surface area contributed by atoms with Crippen LogP contribution in [0.2, 0.25) is 0 Å². The van der Waals surface area contributed by atoms with Crippen LogP contribution in [0.5, 0.6) is 0 Å². The van der Waals surface area contributed by atoms with Crippen LogP contribution in [0.3, 0.4) is 0 Å². The van der Waals surface area contributed by atoms with E-state index in [0.717, 1.165) is 24.2 Å². The summed E-state index contributed by atoms with van der Waals surface area (Å²) < 4.78 is 1.68. The predicted molar refractivity (Wildman–Crippen MR) is 101 cm³/mol. The number of pyridine rings is 1. The third kappa shape index (κ3) is 5.06. The van der Waals surface area contributed by atoms with E-state index in [2.05, 4.69) is 20.7 Å². The van der Waals surface area contributed by atoms with Crippen LogP contribution in [-0.2, 0) is 11.3 Å². The highest BCUT2D eigenvalue weighted by atomic mass is 16.2. The number of nitrogens with one attached hydrogen (secondary N) is 2. The summed E-state index contributed by atoms with van der Waals surface area (Å²) in [5.41, 5.74) is 0.915. The molecule has 0 aliphatic carbocycles. The molecule has 1 fully saturated rings. The van der Waals surface area contributed by atoms with Gasteiger partial charge in [0.15, 0.2) is 5.82 Å². The molecule has 0 radical (unpaired) electrons. The first-order valence-corrected chi connectivity index (χ1v) is 9.31. The van der Waals surface area contributed by atoms with Crippen LogP contribution in [0.1, 0.15) is 32.3 Å². The molecule has 8 nitrogen and oxygen atoms in total. The minimum Gasteiger partial charge on any atom is -0.342 e. The fourth-order valence-corrected chi connectivity index (χ4v) is 3.09. The number of carbonyl (C=O) groups excluding carboxylic acids is 2. The molecule has 1 aliphatic rings. The smallest absolute Gasteiger partial charge is 0.315 e. The number of urea groups is 1. The number of nitrogens with zero attached hydrogens (tertiary/aromatic N) is 4. The molecule has 0 saturated carbocycles. The van der Waals surface area contributed by atoms with E-state index in [1.165, 1.54) is 0 Å². The third-order valence-corrected chi connectivity index (χ3v) is 4.64. The van der Waals surface area contributed by atoms with Gasteiger partial charge >= 0.3 is 6.03 Å². The molecule has 27 heavy (non-hydrogen) atoms. The summed E-state index contributed by atoms with van der Waals surface area (Å²) in [5.74, 6) is 0.936. The Morgan fingerprint density at radius 1 is 1.26 bits per heavy atom. The number of rotatable bonds is 5. The molecule has 0 aromatic carbocycles. The lowest BCUT2D eigenvalue weighted by Crippen LogP contribution is -2.49. The van der Waals surface area contributed by atoms with Gasteiger partial charge in [0.2, 0.25) is 5.91 Å². The lowest BCUT2D eigenvalue weighted by molar-refractivity contribution is -0.135. The van der Waals surface area contributed by atoms with E-state index in [4.69, 9.17) is 0 Å². The standard InChI is InChI=1S/C19H26N6O2/c1-14(2)18(26)24-10-6-16(7-11-24)23-19(27)21-13-15-4-5-17(20-12-15)25-9-3-8-22-25/h3-5,8-9,12,14,16H,6-7,10-11,13H2,1-2H3,(H2,21,23,27). The molecule has 0 atom stereocenters. The highest BCUT2D eigenvalue weighted by Crippen LogP contribution is 2.13. The molecule has 0 spiro atoms. The van der Waals surface area contributed by atoms with Crippen LogP contribution < -0.4 is 10.6 Å². The summed E-state index contributed by atoms with van der Waals surface area (Å²) in [6.45, 7) is 5.62. The average Bonchev–Trinajstić information content (AvgIpc) is 3.21. The molecule has 3 heterocycles. The zero-order valence-corrected chi connectivity index (χ0v) is 15.8. The Balaban J connectivity index is 1.41. The van der Waals surface area contributed by atoms with Gasteiger partial charge in [0.05, 0.1) is 0 Å². The van der Waals surface area contributed by atoms with Crippen molar-refractivity contribution in [3.05, 3.63) is 42.4 Å². The van der Waals surface area contributed by atoms with Gasteiger partial charge in [0.25, 0.3) is 0 Å². The van der Waals surface area contributed by atoms with E-state index >= 15 is 0 Å². The van der Waals surface area contributed by atoms with Gasteiger partial charge in [-0.1, -0.05) is 19.9 Å². The van der Waals surface area contributed by atoms with Crippen molar-refractivity contribution in [1.29, 1.82) is 0 Å². The van der Waals surface area contributed by atoms with Crippen molar-refractivity contribution < 1.29 is 9.59 Å². The first kappa shape index (κ1) is 18.9. The lowest BCUT2D eigenvalue weighted by atomic mass is 10.0. The maximum absolute atomic E-state index is 12.1. The first-order valence-electron chi connectivity index (χ1n) is 9.31. The molecular weight excluding hydrogens is 344 g/mol. The number of piperidine rings is 1. The van der Waals surface area contributed by atoms with Gasteiger partial charge in [-0.05, 0) is 30.5 Å². The number of carbonyl (C=O) groups is 2. The fraction of sp³-hybridized carbons (Fsp3) is 0.474. The second-order valence-electron chi connectivity index (χ2n) is 7.06. The van der Waals surface area contributed by atoms with E-state index in [0.29, 0.717) is 19.6 Å². The quantitative estimate of drug-likeness (QED) is 0.838. The van der Waals surface area contributed by atoms with E-state index in [-0.39, 0.29) is 23.9 Å². The molecule has 0 bridgehead atoms. The van der Waals surface area contributed by atoms with E-state index in [1.807, 2.05) is 43.1 Å². The molecule has 2 aromatic heterocycles. The van der Waals surface area contributed by atoms with Crippen molar-refractivity contribution in [3.8, 4) is 5.82 Å². The Bertz CT molecular complexity index is 749. The van der Waals surface area contributed by atoms with E-state index in [1.54, 1.807) is 17.1 Å². The van der Waals surface area contributed by atoms with Crippen molar-refractivity contribution >= 4 is 11.9 Å². The van der Waals surface area contributed by atoms with Gasteiger partial charge < -0.3 is 15.5 Å². The Morgan fingerprint density at radius 3 is 2.63 bits per heavy atom. The SMILES string of the molecule is CC(C)C(=O)N1CCC(NC(=O)NCc2ccc(-n3cccn3)nc2)CC1. The van der Waals surface area contributed by atoms with Crippen LogP contribution in [0.25, 0.3) is 5.82 Å². The molecule has 1 aliphatic heterocycles. The Labute approximate surface area is 159 Å². The monoisotopic (exact) mass is 370 g/mol. The van der Waals surface area contributed by atoms with E-state index in [9.17, 15) is 9.59 Å². The predicted octanol–water partition coefficient (Wildman–Crippen LogP) is 1.71. The summed E-state index contributed by atoms with van der Waals surface area (Å²) >= 11 is 0. The van der Waals surface area contributed by atoms with Crippen LogP contribution >= 0.6 is 0 Å². The van der Waals surface area contributed by atoms with E-state index < -0.39 is 0 Å². The lowest BCUT2D eigenvalue weighted by Gasteiger charge is -2.33. The first-order chi connectivity index (χ1) is 13.0. The topological polar surface area (TPSA) is 92.2 Å². The summed E-state index contributed by atoms with van der Waals surface area (Å²) in [5, 5.41) is 9.98. The zero-order valence-electron chi connectivity index (χ0n) is 15.8. The molecule has 144 valence electrons. The van der Waals surface area contributed by atoms with Gasteiger partial charge in [-0.2, -0.15) is 5.10 Å². The van der Waals surface area contributed by atoms with Crippen LogP contribution in [0.15, 0.2) is 36.8 Å². The van der Waals surface area contributed by atoms with Gasteiger partial charge in [-0.15, -0.1) is 0 Å². The number of hydrogen-bond acceptors (Lipinski definition) is 4. The molecule has 2 N–H and O–H groups in total. The zero-order chi connectivity index (χ0) is 19.2. The van der Waals surface area contributed by atoms with Gasteiger partial charge in [-0.25, -0.2) is 14.5 Å². The Morgan fingerprint density at radius 2 is 2.04 bits per heavy atom. The molecule has 2 aromatic rings. The molecule has 3 rings (SSSR count). The Kier molecular flexibility index (Phi) is 6.05. The highest BCUT2D eigenvalue weighted by Gasteiger charge is 2.24. The van der Waals surface area contributed by atoms with Crippen molar-refractivity contribution in [2.45, 2.75) is 39.3 Å². The molecule has 3 amide bonds. The van der Waals surface area contributed by atoms with Crippen molar-refractivity contribution in [1.82, 2.24) is 30.3 Å². The average molecular weight is 370 g/mol. The minimum atomic E-state index is -0.195. The molecule has 0 unspecified atom stereocenters. The molecular formula is C19H26N6O2.